The first-order chi connectivity index (χ1) is 13.6. The molecule has 1 aromatic carbocycles. The molecular weight excluding hydrogens is 394 g/mol. The van der Waals surface area contributed by atoms with Gasteiger partial charge >= 0.3 is 0 Å². The van der Waals surface area contributed by atoms with Crippen LogP contribution in [0.4, 0.5) is 5.69 Å². The molecule has 0 saturated carbocycles. The number of amides is 1. The summed E-state index contributed by atoms with van der Waals surface area (Å²) in [5.41, 5.74) is 1.99. The number of nitrogens with one attached hydrogen (secondary N) is 1. The van der Waals surface area contributed by atoms with Crippen molar-refractivity contribution in [3.05, 3.63) is 34.5 Å². The monoisotopic (exact) mass is 415 g/mol. The van der Waals surface area contributed by atoms with E-state index in [4.69, 9.17) is 9.47 Å². The SMILES string of the molecule is COc1ccc(NC(=O)CSc2nc(C)nc3sc4c(c23)CCC4)c(OC)c1. The molecule has 0 atom stereocenters. The van der Waals surface area contributed by atoms with E-state index in [0.717, 1.165) is 33.9 Å². The highest BCUT2D eigenvalue weighted by Crippen LogP contribution is 2.40. The number of methoxy groups -OCH3 is 2. The predicted octanol–water partition coefficient (Wildman–Crippen LogP) is 4.24. The zero-order valence-electron chi connectivity index (χ0n) is 16.0. The smallest absolute Gasteiger partial charge is 0.234 e. The lowest BCUT2D eigenvalue weighted by Gasteiger charge is -2.11. The minimum absolute atomic E-state index is 0.107. The largest absolute Gasteiger partial charge is 0.497 e. The molecular formula is C20H21N3O3S2. The van der Waals surface area contributed by atoms with Gasteiger partial charge in [-0.1, -0.05) is 11.8 Å². The molecule has 0 bridgehead atoms. The summed E-state index contributed by atoms with van der Waals surface area (Å²) in [6.07, 6.45) is 3.38. The van der Waals surface area contributed by atoms with E-state index >= 15 is 0 Å². The van der Waals surface area contributed by atoms with Crippen LogP contribution in [0.15, 0.2) is 23.2 Å². The molecule has 2 heterocycles. The van der Waals surface area contributed by atoms with Gasteiger partial charge in [-0.15, -0.1) is 11.3 Å². The van der Waals surface area contributed by atoms with Crippen molar-refractivity contribution in [2.75, 3.05) is 25.3 Å². The van der Waals surface area contributed by atoms with E-state index in [1.165, 1.54) is 28.6 Å². The summed E-state index contributed by atoms with van der Waals surface area (Å²) in [6.45, 7) is 1.90. The summed E-state index contributed by atoms with van der Waals surface area (Å²) in [7, 11) is 3.16. The molecule has 4 rings (SSSR count). The van der Waals surface area contributed by atoms with E-state index < -0.39 is 0 Å². The van der Waals surface area contributed by atoms with Crippen LogP contribution >= 0.6 is 23.1 Å². The van der Waals surface area contributed by atoms with Crippen LogP contribution in [0.25, 0.3) is 10.2 Å². The number of ether oxygens (including phenoxy) is 2. The topological polar surface area (TPSA) is 73.3 Å². The van der Waals surface area contributed by atoms with Crippen molar-refractivity contribution >= 4 is 44.9 Å². The van der Waals surface area contributed by atoms with Gasteiger partial charge in [-0.2, -0.15) is 0 Å². The lowest BCUT2D eigenvalue weighted by Crippen LogP contribution is -2.15. The molecule has 0 fully saturated rings. The van der Waals surface area contributed by atoms with Crippen LogP contribution in [0.2, 0.25) is 0 Å². The minimum atomic E-state index is -0.107. The van der Waals surface area contributed by atoms with Crippen molar-refractivity contribution in [3.8, 4) is 11.5 Å². The Morgan fingerprint density at radius 3 is 2.89 bits per heavy atom. The number of hydrogen-bond acceptors (Lipinski definition) is 7. The normalized spacial score (nSPS) is 12.8. The molecule has 1 aliphatic rings. The number of aromatic nitrogens is 2. The van der Waals surface area contributed by atoms with Crippen molar-refractivity contribution in [2.24, 2.45) is 0 Å². The Kier molecular flexibility index (Phi) is 5.41. The second-order valence-corrected chi connectivity index (χ2v) is 8.56. The molecule has 0 saturated heterocycles. The highest BCUT2D eigenvalue weighted by molar-refractivity contribution is 8.00. The van der Waals surface area contributed by atoms with Crippen LogP contribution in [-0.2, 0) is 17.6 Å². The number of anilines is 1. The van der Waals surface area contributed by atoms with Gasteiger partial charge < -0.3 is 14.8 Å². The zero-order chi connectivity index (χ0) is 19.7. The van der Waals surface area contributed by atoms with Gasteiger partial charge in [0.05, 0.1) is 25.7 Å². The standard InChI is InChI=1S/C20H21N3O3S2/c1-11-21-19(18-13-5-4-6-16(13)28-20(18)22-11)27-10-17(24)23-14-8-7-12(25-2)9-15(14)26-3/h7-9H,4-6,10H2,1-3H3,(H,23,24). The van der Waals surface area contributed by atoms with E-state index in [1.807, 2.05) is 6.92 Å². The molecule has 0 spiro atoms. The molecule has 1 amide bonds. The Labute approximate surface area is 171 Å². The molecule has 2 aromatic heterocycles. The van der Waals surface area contributed by atoms with E-state index in [1.54, 1.807) is 43.8 Å². The van der Waals surface area contributed by atoms with Crippen LogP contribution in [0.1, 0.15) is 22.7 Å². The molecule has 28 heavy (non-hydrogen) atoms. The van der Waals surface area contributed by atoms with Crippen molar-refractivity contribution < 1.29 is 14.3 Å². The third kappa shape index (κ3) is 3.66. The van der Waals surface area contributed by atoms with E-state index in [-0.39, 0.29) is 11.7 Å². The van der Waals surface area contributed by atoms with Crippen LogP contribution in [0.3, 0.4) is 0 Å². The molecule has 0 aliphatic heterocycles. The van der Waals surface area contributed by atoms with Gasteiger partial charge in [-0.05, 0) is 43.9 Å². The number of fused-ring (bicyclic) bond motifs is 3. The zero-order valence-corrected chi connectivity index (χ0v) is 17.6. The maximum absolute atomic E-state index is 12.5. The lowest BCUT2D eigenvalue weighted by molar-refractivity contribution is -0.113. The van der Waals surface area contributed by atoms with Gasteiger partial charge in [-0.25, -0.2) is 9.97 Å². The number of aryl methyl sites for hydroxylation is 3. The number of carbonyl (C=O) groups is 1. The molecule has 1 aliphatic carbocycles. The van der Waals surface area contributed by atoms with Crippen molar-refractivity contribution in [3.63, 3.8) is 0 Å². The summed E-state index contributed by atoms with van der Waals surface area (Å²) in [5, 5.41) is 4.95. The molecule has 1 N–H and O–H groups in total. The number of hydrogen-bond donors (Lipinski definition) is 1. The van der Waals surface area contributed by atoms with Crippen LogP contribution in [0.5, 0.6) is 11.5 Å². The Bertz CT molecular complexity index is 1050. The molecule has 8 heteroatoms. The maximum Gasteiger partial charge on any atom is 0.234 e. The molecule has 146 valence electrons. The Hall–Kier alpha value is -2.32. The predicted molar refractivity (Wildman–Crippen MR) is 113 cm³/mol. The van der Waals surface area contributed by atoms with E-state index in [2.05, 4.69) is 15.3 Å². The fourth-order valence-electron chi connectivity index (χ4n) is 3.39. The minimum Gasteiger partial charge on any atom is -0.497 e. The van der Waals surface area contributed by atoms with Crippen LogP contribution < -0.4 is 14.8 Å². The summed E-state index contributed by atoms with van der Waals surface area (Å²) in [4.78, 5) is 24.2. The van der Waals surface area contributed by atoms with E-state index in [9.17, 15) is 4.79 Å². The maximum atomic E-state index is 12.5. The molecule has 0 unspecified atom stereocenters. The van der Waals surface area contributed by atoms with Gasteiger partial charge in [0.1, 0.15) is 27.2 Å². The Morgan fingerprint density at radius 1 is 1.25 bits per heavy atom. The Balaban J connectivity index is 1.51. The molecule has 0 radical (unpaired) electrons. The van der Waals surface area contributed by atoms with Crippen molar-refractivity contribution in [1.82, 2.24) is 9.97 Å². The summed E-state index contributed by atoms with van der Waals surface area (Å²) < 4.78 is 10.5. The molecule has 3 aromatic rings. The number of thioether (sulfide) groups is 1. The quantitative estimate of drug-likeness (QED) is 0.480. The van der Waals surface area contributed by atoms with Gasteiger partial charge in [-0.3, -0.25) is 4.79 Å². The summed E-state index contributed by atoms with van der Waals surface area (Å²) >= 11 is 3.23. The van der Waals surface area contributed by atoms with Crippen molar-refractivity contribution in [1.29, 1.82) is 0 Å². The number of thiophene rings is 1. The van der Waals surface area contributed by atoms with Gasteiger partial charge in [0, 0.05) is 16.3 Å². The highest BCUT2D eigenvalue weighted by Gasteiger charge is 2.22. The van der Waals surface area contributed by atoms with Gasteiger partial charge in [0.15, 0.2) is 0 Å². The van der Waals surface area contributed by atoms with Crippen LogP contribution in [0, 0.1) is 6.92 Å². The average Bonchev–Trinajstić information content (AvgIpc) is 3.27. The fraction of sp³-hybridized carbons (Fsp3) is 0.350. The summed E-state index contributed by atoms with van der Waals surface area (Å²) in [6, 6.07) is 5.31. The van der Waals surface area contributed by atoms with Gasteiger partial charge in [0.2, 0.25) is 5.91 Å². The number of rotatable bonds is 6. The highest BCUT2D eigenvalue weighted by atomic mass is 32.2. The first-order valence-corrected chi connectivity index (χ1v) is 10.8. The Morgan fingerprint density at radius 2 is 2.11 bits per heavy atom. The number of nitrogens with zero attached hydrogens (tertiary/aromatic N) is 2. The first kappa shape index (κ1) is 19.0. The van der Waals surface area contributed by atoms with Gasteiger partial charge in [0.25, 0.3) is 0 Å². The third-order valence-electron chi connectivity index (χ3n) is 4.67. The molecule has 6 nitrogen and oxygen atoms in total. The summed E-state index contributed by atoms with van der Waals surface area (Å²) in [5.74, 6) is 2.14. The third-order valence-corrected chi connectivity index (χ3v) is 6.83. The second-order valence-electron chi connectivity index (χ2n) is 6.52. The second kappa shape index (κ2) is 7.97. The lowest BCUT2D eigenvalue weighted by atomic mass is 10.2. The van der Waals surface area contributed by atoms with Crippen molar-refractivity contribution in [2.45, 2.75) is 31.2 Å². The fourth-order valence-corrected chi connectivity index (χ4v) is 5.66. The number of benzene rings is 1. The van der Waals surface area contributed by atoms with Crippen LogP contribution in [-0.4, -0.2) is 35.8 Å². The average molecular weight is 416 g/mol. The number of carbonyl (C=O) groups excluding carboxylic acids is 1. The van der Waals surface area contributed by atoms with E-state index in [0.29, 0.717) is 17.2 Å². The first-order valence-electron chi connectivity index (χ1n) is 9.02.